The van der Waals surface area contributed by atoms with E-state index in [2.05, 4.69) is 10.2 Å². The van der Waals surface area contributed by atoms with Gasteiger partial charge < -0.3 is 19.7 Å². The second-order valence-corrected chi connectivity index (χ2v) is 6.20. The summed E-state index contributed by atoms with van der Waals surface area (Å²) in [7, 11) is 0. The smallest absolute Gasteiger partial charge is 0.259 e. The van der Waals surface area contributed by atoms with Crippen LogP contribution in [0.25, 0.3) is 0 Å². The van der Waals surface area contributed by atoms with Gasteiger partial charge >= 0.3 is 0 Å². The van der Waals surface area contributed by atoms with Crippen molar-refractivity contribution in [1.29, 1.82) is 0 Å². The van der Waals surface area contributed by atoms with Crippen LogP contribution >= 0.6 is 0 Å². The fourth-order valence-corrected chi connectivity index (χ4v) is 3.32. The Balaban J connectivity index is 1.63. The number of carbonyl (C=O) groups is 1. The lowest BCUT2D eigenvalue weighted by molar-refractivity contribution is 0.102. The Labute approximate surface area is 145 Å². The quantitative estimate of drug-likeness (QED) is 0.922. The third-order valence-corrected chi connectivity index (χ3v) is 4.54. The molecule has 1 amide bonds. The second kappa shape index (κ2) is 6.63. The summed E-state index contributed by atoms with van der Waals surface area (Å²) < 4.78 is 24.5. The molecular weight excluding hydrogens is 323 g/mol. The van der Waals surface area contributed by atoms with E-state index in [4.69, 9.17) is 9.47 Å². The zero-order valence-electron chi connectivity index (χ0n) is 13.8. The summed E-state index contributed by atoms with van der Waals surface area (Å²) in [5.74, 6) is 0.249. The minimum atomic E-state index is -0.381. The molecular formula is C19H19FN2O3. The lowest BCUT2D eigenvalue weighted by atomic mass is 10.1. The maximum atomic E-state index is 13.8. The van der Waals surface area contributed by atoms with Crippen molar-refractivity contribution >= 4 is 17.3 Å². The third-order valence-electron chi connectivity index (χ3n) is 4.54. The number of para-hydroxylation sites is 1. The molecule has 1 N–H and O–H groups in total. The molecule has 0 atom stereocenters. The Morgan fingerprint density at radius 1 is 1.08 bits per heavy atom. The largest absolute Gasteiger partial charge is 0.454 e. The van der Waals surface area contributed by atoms with Gasteiger partial charge in [0.05, 0.1) is 16.9 Å². The average Bonchev–Trinajstić information content (AvgIpc) is 3.11. The number of amides is 1. The maximum absolute atomic E-state index is 13.8. The maximum Gasteiger partial charge on any atom is 0.259 e. The van der Waals surface area contributed by atoms with E-state index in [1.54, 1.807) is 24.3 Å². The lowest BCUT2D eigenvalue weighted by Crippen LogP contribution is -2.30. The molecule has 0 aromatic heterocycles. The standard InChI is InChI=1S/C19H19FN2O3/c20-13-7-8-16(22-9-2-1-3-10-22)15(11-13)21-19(23)14-5-4-6-17-18(14)25-12-24-17/h4-8,11H,1-3,9-10,12H2,(H,21,23). The van der Waals surface area contributed by atoms with E-state index in [1.807, 2.05) is 0 Å². The first-order chi connectivity index (χ1) is 12.2. The fraction of sp³-hybridized carbons (Fsp3) is 0.316. The van der Waals surface area contributed by atoms with Gasteiger partial charge in [-0.1, -0.05) is 6.07 Å². The summed E-state index contributed by atoms with van der Waals surface area (Å²) in [6.07, 6.45) is 3.40. The van der Waals surface area contributed by atoms with Crippen molar-refractivity contribution in [1.82, 2.24) is 0 Å². The minimum absolute atomic E-state index is 0.0959. The Hall–Kier alpha value is -2.76. The van der Waals surface area contributed by atoms with Gasteiger partial charge in [0, 0.05) is 13.1 Å². The Morgan fingerprint density at radius 3 is 2.76 bits per heavy atom. The number of rotatable bonds is 3. The monoisotopic (exact) mass is 342 g/mol. The first-order valence-electron chi connectivity index (χ1n) is 8.47. The van der Waals surface area contributed by atoms with Crippen molar-refractivity contribution in [3.8, 4) is 11.5 Å². The predicted octanol–water partition coefficient (Wildman–Crippen LogP) is 3.80. The molecule has 0 spiro atoms. The minimum Gasteiger partial charge on any atom is -0.454 e. The molecule has 6 heteroatoms. The summed E-state index contributed by atoms with van der Waals surface area (Å²) in [5, 5.41) is 2.84. The molecule has 2 aliphatic heterocycles. The molecule has 0 aliphatic carbocycles. The lowest BCUT2D eigenvalue weighted by Gasteiger charge is -2.30. The van der Waals surface area contributed by atoms with Crippen molar-refractivity contribution in [3.05, 3.63) is 47.8 Å². The van der Waals surface area contributed by atoms with Gasteiger partial charge in [-0.25, -0.2) is 4.39 Å². The van der Waals surface area contributed by atoms with Crippen LogP contribution in [0.15, 0.2) is 36.4 Å². The molecule has 130 valence electrons. The van der Waals surface area contributed by atoms with Gasteiger partial charge in [0.25, 0.3) is 5.91 Å². The highest BCUT2D eigenvalue weighted by Gasteiger charge is 2.23. The molecule has 5 nitrogen and oxygen atoms in total. The molecule has 1 fully saturated rings. The van der Waals surface area contributed by atoms with Crippen LogP contribution in [0.1, 0.15) is 29.6 Å². The third kappa shape index (κ3) is 3.12. The summed E-state index contributed by atoms with van der Waals surface area (Å²) >= 11 is 0. The van der Waals surface area contributed by atoms with E-state index in [9.17, 15) is 9.18 Å². The van der Waals surface area contributed by atoms with Crippen molar-refractivity contribution in [2.75, 3.05) is 30.1 Å². The van der Waals surface area contributed by atoms with Crippen molar-refractivity contribution < 1.29 is 18.7 Å². The van der Waals surface area contributed by atoms with Gasteiger partial charge in [0.2, 0.25) is 6.79 Å². The molecule has 25 heavy (non-hydrogen) atoms. The summed E-state index contributed by atoms with van der Waals surface area (Å²) in [6.45, 7) is 1.91. The normalized spacial score (nSPS) is 16.0. The van der Waals surface area contributed by atoms with Crippen LogP contribution in [0.4, 0.5) is 15.8 Å². The zero-order chi connectivity index (χ0) is 17.2. The first kappa shape index (κ1) is 15.7. The Bertz CT molecular complexity index is 803. The van der Waals surface area contributed by atoms with Gasteiger partial charge in [-0.05, 0) is 49.6 Å². The van der Waals surface area contributed by atoms with Gasteiger partial charge in [-0.2, -0.15) is 0 Å². The molecule has 1 saturated heterocycles. The van der Waals surface area contributed by atoms with Crippen LogP contribution in [-0.2, 0) is 0 Å². The Kier molecular flexibility index (Phi) is 4.17. The van der Waals surface area contributed by atoms with Crippen LogP contribution in [0.3, 0.4) is 0 Å². The highest BCUT2D eigenvalue weighted by Crippen LogP contribution is 2.36. The van der Waals surface area contributed by atoms with E-state index in [-0.39, 0.29) is 18.5 Å². The van der Waals surface area contributed by atoms with E-state index in [0.29, 0.717) is 22.7 Å². The number of piperidine rings is 1. The van der Waals surface area contributed by atoms with E-state index >= 15 is 0 Å². The van der Waals surface area contributed by atoms with Gasteiger partial charge in [-0.3, -0.25) is 4.79 Å². The number of halogens is 1. The van der Waals surface area contributed by atoms with Crippen molar-refractivity contribution in [2.24, 2.45) is 0 Å². The molecule has 2 aromatic rings. The second-order valence-electron chi connectivity index (χ2n) is 6.20. The van der Waals surface area contributed by atoms with Gasteiger partial charge in [0.15, 0.2) is 11.5 Å². The Morgan fingerprint density at radius 2 is 1.92 bits per heavy atom. The predicted molar refractivity (Wildman–Crippen MR) is 93.0 cm³/mol. The number of fused-ring (bicyclic) bond motifs is 1. The topological polar surface area (TPSA) is 50.8 Å². The number of carbonyl (C=O) groups excluding carboxylic acids is 1. The van der Waals surface area contributed by atoms with Crippen LogP contribution in [0.5, 0.6) is 11.5 Å². The van der Waals surface area contributed by atoms with E-state index in [0.717, 1.165) is 31.6 Å². The number of ether oxygens (including phenoxy) is 2. The first-order valence-corrected chi connectivity index (χ1v) is 8.47. The van der Waals surface area contributed by atoms with E-state index < -0.39 is 0 Å². The SMILES string of the molecule is O=C(Nc1cc(F)ccc1N1CCCCC1)c1cccc2c1OCO2. The van der Waals surface area contributed by atoms with E-state index in [1.165, 1.54) is 18.6 Å². The fourth-order valence-electron chi connectivity index (χ4n) is 3.32. The van der Waals surface area contributed by atoms with Gasteiger partial charge in [0.1, 0.15) is 5.82 Å². The summed E-state index contributed by atoms with van der Waals surface area (Å²) in [5.41, 5.74) is 1.70. The number of benzene rings is 2. The summed E-state index contributed by atoms with van der Waals surface area (Å²) in [4.78, 5) is 14.9. The highest BCUT2D eigenvalue weighted by molar-refractivity contribution is 6.08. The average molecular weight is 342 g/mol. The molecule has 2 heterocycles. The van der Waals surface area contributed by atoms with Gasteiger partial charge in [-0.15, -0.1) is 0 Å². The number of hydrogen-bond acceptors (Lipinski definition) is 4. The van der Waals surface area contributed by atoms with Crippen LogP contribution < -0.4 is 19.7 Å². The zero-order valence-corrected chi connectivity index (χ0v) is 13.8. The van der Waals surface area contributed by atoms with Crippen molar-refractivity contribution in [2.45, 2.75) is 19.3 Å². The number of nitrogens with one attached hydrogen (secondary N) is 1. The summed E-state index contributed by atoms with van der Waals surface area (Å²) in [6, 6.07) is 9.67. The molecule has 0 unspecified atom stereocenters. The molecule has 0 saturated carbocycles. The van der Waals surface area contributed by atoms with Crippen LogP contribution in [0, 0.1) is 5.82 Å². The van der Waals surface area contributed by atoms with Crippen LogP contribution in [0.2, 0.25) is 0 Å². The molecule has 0 radical (unpaired) electrons. The molecule has 0 bridgehead atoms. The van der Waals surface area contributed by atoms with Crippen molar-refractivity contribution in [3.63, 3.8) is 0 Å². The number of anilines is 2. The molecule has 4 rings (SSSR count). The highest BCUT2D eigenvalue weighted by atomic mass is 19.1. The molecule has 2 aromatic carbocycles. The molecule has 2 aliphatic rings. The number of hydrogen-bond donors (Lipinski definition) is 1. The van der Waals surface area contributed by atoms with Crippen LogP contribution in [-0.4, -0.2) is 25.8 Å². The number of nitrogens with zero attached hydrogens (tertiary/aromatic N) is 1.